The normalized spacial score (nSPS) is 15.0. The van der Waals surface area contributed by atoms with Gasteiger partial charge in [0.25, 0.3) is 0 Å². The summed E-state index contributed by atoms with van der Waals surface area (Å²) in [7, 11) is 4.46. The van der Waals surface area contributed by atoms with Gasteiger partial charge < -0.3 is 9.47 Å². The molecule has 0 bridgehead atoms. The van der Waals surface area contributed by atoms with Crippen molar-refractivity contribution in [3.63, 3.8) is 0 Å². The summed E-state index contributed by atoms with van der Waals surface area (Å²) in [5.74, 6) is 0. The molecular weight excluding hydrogens is 120 g/mol. The first-order chi connectivity index (χ1) is 3.72. The Kier molecular flexibility index (Phi) is 4.13. The van der Waals surface area contributed by atoms with Crippen LogP contribution in [0.5, 0.6) is 0 Å². The lowest BCUT2D eigenvalue weighted by Gasteiger charge is -2.16. The molecule has 0 aliphatic rings. The van der Waals surface area contributed by atoms with E-state index < -0.39 is 0 Å². The van der Waals surface area contributed by atoms with Gasteiger partial charge in [-0.15, -0.1) is 0 Å². The zero-order chi connectivity index (χ0) is 6.57. The Morgan fingerprint density at radius 2 is 1.62 bits per heavy atom. The van der Waals surface area contributed by atoms with Crippen LogP contribution in [0.2, 0.25) is 5.54 Å². The minimum atomic E-state index is 0.0154. The summed E-state index contributed by atoms with van der Waals surface area (Å²) in [6, 6.07) is 0. The van der Waals surface area contributed by atoms with Crippen molar-refractivity contribution >= 4 is 10.2 Å². The van der Waals surface area contributed by atoms with Crippen molar-refractivity contribution < 1.29 is 9.47 Å². The van der Waals surface area contributed by atoms with Crippen LogP contribution in [0.15, 0.2) is 0 Å². The van der Waals surface area contributed by atoms with Crippen molar-refractivity contribution in [1.82, 2.24) is 0 Å². The first kappa shape index (κ1) is 8.14. The molecule has 0 heterocycles. The number of methoxy groups -OCH3 is 2. The van der Waals surface area contributed by atoms with Gasteiger partial charge in [0.2, 0.25) is 0 Å². The highest BCUT2D eigenvalue weighted by Gasteiger charge is 2.08. The average Bonchev–Trinajstić information content (AvgIpc) is 1.69. The second kappa shape index (κ2) is 4.06. The van der Waals surface area contributed by atoms with Crippen molar-refractivity contribution in [3.05, 3.63) is 0 Å². The van der Waals surface area contributed by atoms with E-state index in [2.05, 4.69) is 6.92 Å². The SMILES string of the molecule is COC(OC)C(C)[SiH3]. The molecule has 0 aromatic carbocycles. The highest BCUT2D eigenvalue weighted by Crippen LogP contribution is 2.07. The van der Waals surface area contributed by atoms with Crippen LogP contribution in [0.25, 0.3) is 0 Å². The van der Waals surface area contributed by atoms with Gasteiger partial charge in [0.1, 0.15) is 0 Å². The number of hydrogen-bond acceptors (Lipinski definition) is 2. The third kappa shape index (κ3) is 2.45. The summed E-state index contributed by atoms with van der Waals surface area (Å²) in [5, 5.41) is 0. The predicted octanol–water partition coefficient (Wildman–Crippen LogP) is -0.221. The lowest BCUT2D eigenvalue weighted by molar-refractivity contribution is -0.102. The molecule has 0 N–H and O–H groups in total. The molecule has 3 heteroatoms. The Hall–Kier alpha value is 0.137. The van der Waals surface area contributed by atoms with Crippen LogP contribution in [0, 0.1) is 0 Å². The van der Waals surface area contributed by atoms with Gasteiger partial charge in [0, 0.05) is 24.5 Å². The van der Waals surface area contributed by atoms with E-state index in [1.54, 1.807) is 14.2 Å². The van der Waals surface area contributed by atoms with E-state index in [1.807, 2.05) is 0 Å². The van der Waals surface area contributed by atoms with Gasteiger partial charge in [-0.3, -0.25) is 0 Å². The van der Waals surface area contributed by atoms with Gasteiger partial charge in [-0.05, 0) is 5.54 Å². The summed E-state index contributed by atoms with van der Waals surface area (Å²) < 4.78 is 9.95. The second-order valence-electron chi connectivity index (χ2n) is 2.08. The molecule has 1 unspecified atom stereocenters. The lowest BCUT2D eigenvalue weighted by Crippen LogP contribution is -2.17. The van der Waals surface area contributed by atoms with E-state index in [0.29, 0.717) is 5.54 Å². The smallest absolute Gasteiger partial charge is 0.156 e. The van der Waals surface area contributed by atoms with Gasteiger partial charge in [0.15, 0.2) is 6.29 Å². The molecule has 0 saturated carbocycles. The number of rotatable bonds is 3. The van der Waals surface area contributed by atoms with Crippen LogP contribution in [0.1, 0.15) is 6.92 Å². The molecule has 0 radical (unpaired) electrons. The topological polar surface area (TPSA) is 18.5 Å². The molecule has 0 aromatic rings. The van der Waals surface area contributed by atoms with Crippen LogP contribution in [-0.4, -0.2) is 30.8 Å². The van der Waals surface area contributed by atoms with Crippen molar-refractivity contribution in [3.8, 4) is 0 Å². The second-order valence-corrected chi connectivity index (χ2v) is 3.91. The molecule has 0 aliphatic heterocycles. The minimum absolute atomic E-state index is 0.0154. The Labute approximate surface area is 53.6 Å². The van der Waals surface area contributed by atoms with Gasteiger partial charge in [-0.2, -0.15) is 0 Å². The summed E-state index contributed by atoms with van der Waals surface area (Å²) in [5.41, 5.74) is 0.574. The van der Waals surface area contributed by atoms with Crippen LogP contribution in [0.4, 0.5) is 0 Å². The Morgan fingerprint density at radius 3 is 1.62 bits per heavy atom. The van der Waals surface area contributed by atoms with Crippen molar-refractivity contribution in [2.45, 2.75) is 18.8 Å². The largest absolute Gasteiger partial charge is 0.356 e. The molecule has 50 valence electrons. The maximum Gasteiger partial charge on any atom is 0.156 e. The zero-order valence-electron chi connectivity index (χ0n) is 5.97. The van der Waals surface area contributed by atoms with Crippen LogP contribution in [-0.2, 0) is 9.47 Å². The molecule has 2 nitrogen and oxygen atoms in total. The summed E-state index contributed by atoms with van der Waals surface area (Å²) >= 11 is 0. The summed E-state index contributed by atoms with van der Waals surface area (Å²) in [6.45, 7) is 2.11. The minimum Gasteiger partial charge on any atom is -0.356 e. The molecule has 1 atom stereocenters. The summed E-state index contributed by atoms with van der Waals surface area (Å²) in [4.78, 5) is 0. The van der Waals surface area contributed by atoms with Crippen molar-refractivity contribution in [1.29, 1.82) is 0 Å². The first-order valence-corrected chi connectivity index (χ1v) is 3.93. The molecular formula is C5H14O2Si. The number of hydrogen-bond donors (Lipinski definition) is 0. The highest BCUT2D eigenvalue weighted by molar-refractivity contribution is 6.11. The van der Waals surface area contributed by atoms with Gasteiger partial charge >= 0.3 is 0 Å². The van der Waals surface area contributed by atoms with E-state index in [1.165, 1.54) is 0 Å². The summed E-state index contributed by atoms with van der Waals surface area (Å²) in [6.07, 6.45) is 0.0154. The Bertz CT molecular complexity index is 52.4. The van der Waals surface area contributed by atoms with Gasteiger partial charge in [0.05, 0.1) is 0 Å². The van der Waals surface area contributed by atoms with Crippen molar-refractivity contribution in [2.75, 3.05) is 14.2 Å². The van der Waals surface area contributed by atoms with Gasteiger partial charge in [-0.1, -0.05) is 6.92 Å². The molecule has 0 rings (SSSR count). The molecule has 0 aliphatic carbocycles. The van der Waals surface area contributed by atoms with E-state index in [9.17, 15) is 0 Å². The maximum atomic E-state index is 4.97. The standard InChI is InChI=1S/C5H14O2Si/c1-4(8)5(6-2)7-3/h4-5H,1-3,8H3. The van der Waals surface area contributed by atoms with E-state index in [4.69, 9.17) is 9.47 Å². The van der Waals surface area contributed by atoms with Gasteiger partial charge in [-0.25, -0.2) is 0 Å². The fraction of sp³-hybridized carbons (Fsp3) is 1.00. The molecule has 0 fully saturated rings. The molecule has 0 spiro atoms. The average molecular weight is 134 g/mol. The lowest BCUT2D eigenvalue weighted by atomic mass is 10.4. The fourth-order valence-corrected chi connectivity index (χ4v) is 1.18. The van der Waals surface area contributed by atoms with Crippen LogP contribution in [0.3, 0.4) is 0 Å². The van der Waals surface area contributed by atoms with E-state index >= 15 is 0 Å². The number of ether oxygens (including phenoxy) is 2. The first-order valence-electron chi connectivity index (χ1n) is 2.78. The van der Waals surface area contributed by atoms with Crippen LogP contribution >= 0.6 is 0 Å². The van der Waals surface area contributed by atoms with Crippen LogP contribution < -0.4 is 0 Å². The Balaban J connectivity index is 3.35. The maximum absolute atomic E-state index is 4.97. The fourth-order valence-electron chi connectivity index (χ4n) is 0.641. The third-order valence-corrected chi connectivity index (χ3v) is 1.55. The van der Waals surface area contributed by atoms with E-state index in [-0.39, 0.29) is 6.29 Å². The quantitative estimate of drug-likeness (QED) is 0.392. The molecule has 0 saturated heterocycles. The Morgan fingerprint density at radius 1 is 1.25 bits per heavy atom. The monoisotopic (exact) mass is 134 g/mol. The predicted molar refractivity (Wildman–Crippen MR) is 37.2 cm³/mol. The third-order valence-electron chi connectivity index (χ3n) is 1.01. The molecule has 8 heavy (non-hydrogen) atoms. The zero-order valence-corrected chi connectivity index (χ0v) is 7.97. The molecule has 0 aromatic heterocycles. The van der Waals surface area contributed by atoms with Crippen molar-refractivity contribution in [2.24, 2.45) is 0 Å². The molecule has 0 amide bonds. The highest BCUT2D eigenvalue weighted by atomic mass is 28.1. The van der Waals surface area contributed by atoms with E-state index in [0.717, 1.165) is 10.2 Å².